The first kappa shape index (κ1) is 19.5. The smallest absolute Gasteiger partial charge is 0.231 e. The molecule has 0 saturated heterocycles. The third kappa shape index (κ3) is 3.56. The predicted octanol–water partition coefficient (Wildman–Crippen LogP) is 4.02. The van der Waals surface area contributed by atoms with Gasteiger partial charge in [0.05, 0.1) is 0 Å². The van der Waals surface area contributed by atoms with E-state index in [-0.39, 0.29) is 24.3 Å². The van der Waals surface area contributed by atoms with E-state index in [1.807, 2.05) is 0 Å². The van der Waals surface area contributed by atoms with Crippen LogP contribution in [0, 0.1) is 17.5 Å². The minimum absolute atomic E-state index is 0.152. The fraction of sp³-hybridized carbons (Fsp3) is 0.391. The molecule has 0 amide bonds. The maximum atomic E-state index is 14.2. The Morgan fingerprint density at radius 2 is 1.70 bits per heavy atom. The van der Waals surface area contributed by atoms with Crippen molar-refractivity contribution >= 4 is 0 Å². The molecule has 2 heterocycles. The third-order valence-corrected chi connectivity index (χ3v) is 6.33. The molecule has 2 aliphatic heterocycles. The molecule has 0 spiro atoms. The summed E-state index contributed by atoms with van der Waals surface area (Å²) in [5, 5.41) is 0. The molecule has 0 fully saturated rings. The SMILES string of the molecule is N[C@H]1CC(CN2CCc3cc4c(cc3C2)OCO4)=CC[C@@H]1c1cc(F)c(F)cc1F. The Labute approximate surface area is 173 Å². The molecule has 2 aromatic rings. The van der Waals surface area contributed by atoms with Gasteiger partial charge in [-0.3, -0.25) is 4.90 Å². The van der Waals surface area contributed by atoms with Gasteiger partial charge in [-0.05, 0) is 54.2 Å². The van der Waals surface area contributed by atoms with E-state index in [1.165, 1.54) is 16.7 Å². The first-order valence-electron chi connectivity index (χ1n) is 10.2. The molecule has 1 aliphatic carbocycles. The van der Waals surface area contributed by atoms with E-state index in [9.17, 15) is 13.2 Å². The number of halogens is 3. The number of benzene rings is 2. The predicted molar refractivity (Wildman–Crippen MR) is 106 cm³/mol. The van der Waals surface area contributed by atoms with E-state index in [4.69, 9.17) is 15.2 Å². The molecule has 2 atom stereocenters. The molecule has 30 heavy (non-hydrogen) atoms. The second-order valence-corrected chi connectivity index (χ2v) is 8.30. The van der Waals surface area contributed by atoms with Crippen LogP contribution in [0.15, 0.2) is 35.9 Å². The molecule has 4 nitrogen and oxygen atoms in total. The summed E-state index contributed by atoms with van der Waals surface area (Å²) >= 11 is 0. The molecule has 2 N–H and O–H groups in total. The van der Waals surface area contributed by atoms with Crippen molar-refractivity contribution in [2.75, 3.05) is 19.9 Å². The summed E-state index contributed by atoms with van der Waals surface area (Å²) in [7, 11) is 0. The topological polar surface area (TPSA) is 47.7 Å². The number of fused-ring (bicyclic) bond motifs is 2. The number of allylic oxidation sites excluding steroid dienone is 1. The lowest BCUT2D eigenvalue weighted by atomic mass is 9.80. The van der Waals surface area contributed by atoms with E-state index in [1.54, 1.807) is 0 Å². The summed E-state index contributed by atoms with van der Waals surface area (Å²) in [4.78, 5) is 2.36. The van der Waals surface area contributed by atoms with Crippen LogP contribution in [0.4, 0.5) is 13.2 Å². The van der Waals surface area contributed by atoms with Crippen molar-refractivity contribution in [1.29, 1.82) is 0 Å². The van der Waals surface area contributed by atoms with Gasteiger partial charge in [0.1, 0.15) is 5.82 Å². The average Bonchev–Trinajstić information content (AvgIpc) is 3.17. The fourth-order valence-corrected chi connectivity index (χ4v) is 4.73. The molecule has 2 aromatic carbocycles. The number of nitrogens with zero attached hydrogens (tertiary/aromatic N) is 1. The van der Waals surface area contributed by atoms with Crippen LogP contribution >= 0.6 is 0 Å². The van der Waals surface area contributed by atoms with Crippen LogP contribution in [-0.2, 0) is 13.0 Å². The van der Waals surface area contributed by atoms with Crippen LogP contribution in [0.2, 0.25) is 0 Å². The zero-order valence-corrected chi connectivity index (χ0v) is 16.5. The molecule has 158 valence electrons. The monoisotopic (exact) mass is 416 g/mol. The van der Waals surface area contributed by atoms with E-state index in [2.05, 4.69) is 23.1 Å². The summed E-state index contributed by atoms with van der Waals surface area (Å²) in [5.41, 5.74) is 10.2. The molecule has 0 aromatic heterocycles. The van der Waals surface area contributed by atoms with E-state index >= 15 is 0 Å². The number of ether oxygens (including phenoxy) is 2. The van der Waals surface area contributed by atoms with Gasteiger partial charge in [0.2, 0.25) is 6.79 Å². The Balaban J connectivity index is 1.28. The van der Waals surface area contributed by atoms with E-state index in [0.29, 0.717) is 18.9 Å². The van der Waals surface area contributed by atoms with Crippen molar-refractivity contribution in [1.82, 2.24) is 4.90 Å². The third-order valence-electron chi connectivity index (χ3n) is 6.33. The normalized spacial score (nSPS) is 23.3. The van der Waals surface area contributed by atoms with Gasteiger partial charge in [-0.25, -0.2) is 13.2 Å². The minimum Gasteiger partial charge on any atom is -0.454 e. The molecule has 0 unspecified atom stereocenters. The van der Waals surface area contributed by atoms with Crippen molar-refractivity contribution in [3.8, 4) is 11.5 Å². The first-order valence-corrected chi connectivity index (χ1v) is 10.2. The molecule has 5 rings (SSSR count). The van der Waals surface area contributed by atoms with Crippen molar-refractivity contribution in [3.05, 3.63) is 70.1 Å². The lowest BCUT2D eigenvalue weighted by molar-refractivity contribution is 0.174. The summed E-state index contributed by atoms with van der Waals surface area (Å²) in [6, 6.07) is 5.35. The van der Waals surface area contributed by atoms with Crippen LogP contribution in [0.3, 0.4) is 0 Å². The number of hydrogen-bond acceptors (Lipinski definition) is 4. The summed E-state index contributed by atoms with van der Waals surface area (Å²) in [6.07, 6.45) is 4.13. The lowest BCUT2D eigenvalue weighted by Gasteiger charge is -2.34. The second-order valence-electron chi connectivity index (χ2n) is 8.30. The lowest BCUT2D eigenvalue weighted by Crippen LogP contribution is -2.37. The van der Waals surface area contributed by atoms with Crippen molar-refractivity contribution in [2.45, 2.75) is 37.8 Å². The molecule has 0 bridgehead atoms. The van der Waals surface area contributed by atoms with E-state index in [0.717, 1.165) is 43.6 Å². The van der Waals surface area contributed by atoms with Crippen LogP contribution in [-0.4, -0.2) is 30.8 Å². The molecule has 3 aliphatic rings. The van der Waals surface area contributed by atoms with Gasteiger partial charge in [-0.2, -0.15) is 0 Å². The maximum Gasteiger partial charge on any atom is 0.231 e. The molecule has 0 radical (unpaired) electrons. The van der Waals surface area contributed by atoms with Crippen LogP contribution in [0.5, 0.6) is 11.5 Å². The standard InChI is InChI=1S/C23H23F3N2O2/c24-18-9-20(26)19(25)8-17(18)16-2-1-13(5-21(16)27)10-28-4-3-14-6-22-23(30-12-29-22)7-15(14)11-28/h1,6-9,16,21H,2-5,10-12,27H2/t16-,21+/m1/s1. The Bertz CT molecular complexity index is 1020. The largest absolute Gasteiger partial charge is 0.454 e. The van der Waals surface area contributed by atoms with Crippen LogP contribution < -0.4 is 15.2 Å². The maximum absolute atomic E-state index is 14.2. The van der Waals surface area contributed by atoms with Crippen LogP contribution in [0.25, 0.3) is 0 Å². The minimum atomic E-state index is -1.18. The molecule has 7 heteroatoms. The first-order chi connectivity index (χ1) is 14.5. The summed E-state index contributed by atoms with van der Waals surface area (Å²) in [5.74, 6) is -1.70. The fourth-order valence-electron chi connectivity index (χ4n) is 4.73. The Hall–Kier alpha value is -2.51. The van der Waals surface area contributed by atoms with Gasteiger partial charge in [-0.15, -0.1) is 0 Å². The Morgan fingerprint density at radius 3 is 2.47 bits per heavy atom. The van der Waals surface area contributed by atoms with Gasteiger partial charge in [0.25, 0.3) is 0 Å². The van der Waals surface area contributed by atoms with Crippen molar-refractivity contribution < 1.29 is 22.6 Å². The molecular weight excluding hydrogens is 393 g/mol. The number of hydrogen-bond donors (Lipinski definition) is 1. The van der Waals surface area contributed by atoms with Crippen molar-refractivity contribution in [3.63, 3.8) is 0 Å². The quantitative estimate of drug-likeness (QED) is 0.607. The number of nitrogens with two attached hydrogens (primary N) is 1. The summed E-state index contributed by atoms with van der Waals surface area (Å²) < 4.78 is 52.0. The zero-order valence-electron chi connectivity index (χ0n) is 16.5. The van der Waals surface area contributed by atoms with Gasteiger partial charge in [0.15, 0.2) is 23.1 Å². The highest BCUT2D eigenvalue weighted by Crippen LogP contribution is 2.38. The van der Waals surface area contributed by atoms with Crippen LogP contribution in [0.1, 0.15) is 35.4 Å². The van der Waals surface area contributed by atoms with Gasteiger partial charge >= 0.3 is 0 Å². The Kier molecular flexibility index (Phi) is 4.95. The molecular formula is C23H23F3N2O2. The Morgan fingerprint density at radius 1 is 0.967 bits per heavy atom. The van der Waals surface area contributed by atoms with E-state index < -0.39 is 17.5 Å². The summed E-state index contributed by atoms with van der Waals surface area (Å²) in [6.45, 7) is 2.81. The number of rotatable bonds is 3. The highest BCUT2D eigenvalue weighted by atomic mass is 19.2. The van der Waals surface area contributed by atoms with Gasteiger partial charge < -0.3 is 15.2 Å². The van der Waals surface area contributed by atoms with Crippen molar-refractivity contribution in [2.24, 2.45) is 5.73 Å². The van der Waals surface area contributed by atoms with Gasteiger partial charge in [0, 0.05) is 37.7 Å². The highest BCUT2D eigenvalue weighted by molar-refractivity contribution is 5.49. The average molecular weight is 416 g/mol. The zero-order chi connectivity index (χ0) is 20.8. The molecule has 0 saturated carbocycles. The second kappa shape index (κ2) is 7.63. The van der Waals surface area contributed by atoms with Gasteiger partial charge in [-0.1, -0.05) is 11.6 Å². The highest BCUT2D eigenvalue weighted by Gasteiger charge is 2.29.